The third kappa shape index (κ3) is 5.86. The number of nitrogens with zero attached hydrogens (tertiary/aromatic N) is 4. The highest BCUT2D eigenvalue weighted by molar-refractivity contribution is 7.07. The number of amides is 1. The second-order valence-corrected chi connectivity index (χ2v) is 9.96. The van der Waals surface area contributed by atoms with E-state index in [1.54, 1.807) is 5.51 Å². The fourth-order valence-corrected chi connectivity index (χ4v) is 4.93. The van der Waals surface area contributed by atoms with Gasteiger partial charge >= 0.3 is 6.09 Å². The Hall–Kier alpha value is -3.13. The Morgan fingerprint density at radius 2 is 1.94 bits per heavy atom. The number of aromatic nitrogens is 2. The summed E-state index contributed by atoms with van der Waals surface area (Å²) in [5.41, 5.74) is 4.56. The van der Waals surface area contributed by atoms with Gasteiger partial charge in [0.2, 0.25) is 0 Å². The number of hydrogen-bond donors (Lipinski definition) is 1. The lowest BCUT2D eigenvalue weighted by Gasteiger charge is -2.34. The van der Waals surface area contributed by atoms with Gasteiger partial charge in [-0.05, 0) is 61.8 Å². The summed E-state index contributed by atoms with van der Waals surface area (Å²) < 4.78 is 5.94. The molecular weight excluding hydrogens is 448 g/mol. The maximum Gasteiger partial charge on any atom is 0.407 e. The summed E-state index contributed by atoms with van der Waals surface area (Å²) in [5, 5.41) is 11.5. The number of carbonyl (C=O) groups is 1. The van der Waals surface area contributed by atoms with Crippen LogP contribution < -0.4 is 9.64 Å². The molecule has 8 heteroatoms. The van der Waals surface area contributed by atoms with Crippen molar-refractivity contribution in [2.75, 3.05) is 31.1 Å². The number of carboxylic acid groups (broad SMARTS) is 1. The molecular formula is C26H30N4O3S. The van der Waals surface area contributed by atoms with Crippen LogP contribution in [0.5, 0.6) is 5.75 Å². The van der Waals surface area contributed by atoms with Crippen LogP contribution in [0.3, 0.4) is 0 Å². The second kappa shape index (κ2) is 10.4. The molecule has 0 spiro atoms. The molecule has 34 heavy (non-hydrogen) atoms. The maximum absolute atomic E-state index is 11.7. The summed E-state index contributed by atoms with van der Waals surface area (Å²) in [4.78, 5) is 24.7. The molecule has 178 valence electrons. The van der Waals surface area contributed by atoms with Crippen LogP contribution in [-0.4, -0.2) is 52.3 Å². The van der Waals surface area contributed by atoms with Gasteiger partial charge in [0.25, 0.3) is 0 Å². The Balaban J connectivity index is 1.19. The molecule has 5 rings (SSSR count). The molecule has 1 N–H and O–H groups in total. The van der Waals surface area contributed by atoms with Crippen LogP contribution in [0.4, 0.5) is 10.6 Å². The van der Waals surface area contributed by atoms with Crippen molar-refractivity contribution in [1.82, 2.24) is 14.9 Å². The van der Waals surface area contributed by atoms with Gasteiger partial charge in [-0.1, -0.05) is 18.2 Å². The molecule has 0 radical (unpaired) electrons. The highest BCUT2D eigenvalue weighted by Crippen LogP contribution is 2.31. The zero-order chi connectivity index (χ0) is 23.3. The molecule has 3 heterocycles. The quantitative estimate of drug-likeness (QED) is 0.444. The highest BCUT2D eigenvalue weighted by atomic mass is 32.1. The van der Waals surface area contributed by atoms with Crippen LogP contribution in [0.1, 0.15) is 31.4 Å². The van der Waals surface area contributed by atoms with Crippen LogP contribution in [0.25, 0.3) is 11.3 Å². The van der Waals surface area contributed by atoms with Gasteiger partial charge in [-0.25, -0.2) is 14.8 Å². The number of ether oxygens (including phenoxy) is 1. The average Bonchev–Trinajstić information content (AvgIpc) is 3.56. The van der Waals surface area contributed by atoms with Gasteiger partial charge in [-0.3, -0.25) is 0 Å². The largest absolute Gasteiger partial charge is 0.493 e. The van der Waals surface area contributed by atoms with Crippen molar-refractivity contribution in [1.29, 1.82) is 0 Å². The third-order valence-corrected chi connectivity index (χ3v) is 7.21. The molecule has 1 aromatic carbocycles. The van der Waals surface area contributed by atoms with Crippen molar-refractivity contribution in [3.05, 3.63) is 59.0 Å². The summed E-state index contributed by atoms with van der Waals surface area (Å²) in [6.45, 7) is 3.44. The van der Waals surface area contributed by atoms with Gasteiger partial charge in [0.15, 0.2) is 0 Å². The molecule has 1 aliphatic heterocycles. The van der Waals surface area contributed by atoms with E-state index in [0.717, 1.165) is 67.0 Å². The monoisotopic (exact) mass is 478 g/mol. The van der Waals surface area contributed by atoms with Gasteiger partial charge in [-0.2, -0.15) is 0 Å². The van der Waals surface area contributed by atoms with Crippen molar-refractivity contribution in [3.63, 3.8) is 0 Å². The first-order valence-electron chi connectivity index (χ1n) is 11.9. The number of thiazole rings is 1. The Morgan fingerprint density at radius 1 is 1.12 bits per heavy atom. The van der Waals surface area contributed by atoms with Gasteiger partial charge in [0, 0.05) is 30.6 Å². The lowest BCUT2D eigenvalue weighted by atomic mass is 9.96. The Kier molecular flexibility index (Phi) is 6.94. The standard InChI is InChI=1S/C26H30N4O3S/c31-26(32)30(15-22-17-34-18-27-22)14-19-9-11-29(12-10-19)25-6-2-5-24(28-25)21-3-1-4-23(13-21)33-16-20-7-8-20/h1-6,13,17-20H,7-12,14-16H2,(H,31,32). The van der Waals surface area contributed by atoms with E-state index in [1.807, 2.05) is 23.6 Å². The SMILES string of the molecule is O=C(O)N(Cc1cscn1)CC1CCN(c2cccc(-c3cccc(OCC4CC4)c3)n2)CC1. The van der Waals surface area contributed by atoms with Crippen LogP contribution in [0.15, 0.2) is 53.4 Å². The number of piperidine rings is 1. The van der Waals surface area contributed by atoms with E-state index in [-0.39, 0.29) is 0 Å². The van der Waals surface area contributed by atoms with Gasteiger partial charge in [-0.15, -0.1) is 11.3 Å². The molecule has 0 atom stereocenters. The molecule has 2 aromatic heterocycles. The van der Waals surface area contributed by atoms with E-state index < -0.39 is 6.09 Å². The van der Waals surface area contributed by atoms with Crippen LogP contribution in [0.2, 0.25) is 0 Å². The van der Waals surface area contributed by atoms with E-state index in [4.69, 9.17) is 9.72 Å². The minimum absolute atomic E-state index is 0.342. The Morgan fingerprint density at radius 3 is 2.68 bits per heavy atom. The molecule has 2 fully saturated rings. The number of rotatable bonds is 9. The van der Waals surface area contributed by atoms with Crippen molar-refractivity contribution < 1.29 is 14.6 Å². The molecule has 3 aromatic rings. The van der Waals surface area contributed by atoms with Gasteiger partial charge in [0.05, 0.1) is 30.1 Å². The molecule has 7 nitrogen and oxygen atoms in total. The average molecular weight is 479 g/mol. The summed E-state index contributed by atoms with van der Waals surface area (Å²) in [7, 11) is 0. The molecule has 1 aliphatic carbocycles. The zero-order valence-electron chi connectivity index (χ0n) is 19.2. The highest BCUT2D eigenvalue weighted by Gasteiger charge is 2.25. The third-order valence-electron chi connectivity index (χ3n) is 6.57. The normalized spacial score (nSPS) is 16.4. The molecule has 2 aliphatic rings. The van der Waals surface area contributed by atoms with Crippen molar-refractivity contribution in [2.45, 2.75) is 32.2 Å². The molecule has 0 bridgehead atoms. The van der Waals surface area contributed by atoms with E-state index in [9.17, 15) is 9.90 Å². The number of pyridine rings is 1. The number of benzene rings is 1. The lowest BCUT2D eigenvalue weighted by Crippen LogP contribution is -2.40. The van der Waals surface area contributed by atoms with Gasteiger partial charge in [0.1, 0.15) is 11.6 Å². The molecule has 1 amide bonds. The van der Waals surface area contributed by atoms with E-state index in [2.05, 4.69) is 34.1 Å². The van der Waals surface area contributed by atoms with Crippen molar-refractivity contribution in [3.8, 4) is 17.0 Å². The first-order chi connectivity index (χ1) is 16.6. The van der Waals surface area contributed by atoms with E-state index in [1.165, 1.54) is 29.1 Å². The number of hydrogen-bond acceptors (Lipinski definition) is 6. The van der Waals surface area contributed by atoms with E-state index in [0.29, 0.717) is 19.0 Å². The van der Waals surface area contributed by atoms with Crippen LogP contribution in [0, 0.1) is 11.8 Å². The summed E-state index contributed by atoms with van der Waals surface area (Å²) in [6, 6.07) is 14.3. The predicted molar refractivity (Wildman–Crippen MR) is 133 cm³/mol. The van der Waals surface area contributed by atoms with Crippen LogP contribution >= 0.6 is 11.3 Å². The smallest absolute Gasteiger partial charge is 0.407 e. The first kappa shape index (κ1) is 22.7. The van der Waals surface area contributed by atoms with Crippen molar-refractivity contribution in [2.24, 2.45) is 11.8 Å². The zero-order valence-corrected chi connectivity index (χ0v) is 20.0. The molecule has 1 saturated carbocycles. The van der Waals surface area contributed by atoms with Gasteiger partial charge < -0.3 is 19.6 Å². The number of anilines is 1. The molecule has 0 unspecified atom stereocenters. The minimum Gasteiger partial charge on any atom is -0.493 e. The van der Waals surface area contributed by atoms with Crippen molar-refractivity contribution >= 4 is 23.2 Å². The summed E-state index contributed by atoms with van der Waals surface area (Å²) >= 11 is 1.49. The summed E-state index contributed by atoms with van der Waals surface area (Å²) in [5.74, 6) is 2.94. The van der Waals surface area contributed by atoms with Crippen LogP contribution in [-0.2, 0) is 6.54 Å². The minimum atomic E-state index is -0.881. The summed E-state index contributed by atoms with van der Waals surface area (Å²) in [6.07, 6.45) is 3.56. The second-order valence-electron chi connectivity index (χ2n) is 9.24. The Labute approximate surface area is 204 Å². The lowest BCUT2D eigenvalue weighted by molar-refractivity contribution is 0.129. The first-order valence-corrected chi connectivity index (χ1v) is 12.9. The van der Waals surface area contributed by atoms with E-state index >= 15 is 0 Å². The Bertz CT molecular complexity index is 1090. The fraction of sp³-hybridized carbons (Fsp3) is 0.423. The fourth-order valence-electron chi connectivity index (χ4n) is 4.38. The maximum atomic E-state index is 11.7. The molecule has 1 saturated heterocycles. The topological polar surface area (TPSA) is 78.8 Å². The predicted octanol–water partition coefficient (Wildman–Crippen LogP) is 5.39.